The van der Waals surface area contributed by atoms with E-state index in [9.17, 15) is 14.4 Å². The van der Waals surface area contributed by atoms with Gasteiger partial charge < -0.3 is 9.47 Å². The first kappa shape index (κ1) is 14.3. The van der Waals surface area contributed by atoms with Gasteiger partial charge in [-0.2, -0.15) is 0 Å². The molecule has 0 saturated heterocycles. The van der Waals surface area contributed by atoms with Gasteiger partial charge in [0.2, 0.25) is 0 Å². The molecule has 0 fully saturated rings. The fourth-order valence-electron chi connectivity index (χ4n) is 0.728. The van der Waals surface area contributed by atoms with E-state index in [0.29, 0.717) is 12.8 Å². The van der Waals surface area contributed by atoms with Gasteiger partial charge in [0.1, 0.15) is 0 Å². The molecule has 0 amide bonds. The van der Waals surface area contributed by atoms with E-state index in [2.05, 4.69) is 9.47 Å². The van der Waals surface area contributed by atoms with E-state index in [1.54, 1.807) is 0 Å². The second-order valence-electron chi connectivity index (χ2n) is 3.00. The van der Waals surface area contributed by atoms with Gasteiger partial charge in [-0.15, -0.1) is 0 Å². The number of carbonyl (C=O) groups excluding carboxylic acids is 3. The Morgan fingerprint density at radius 2 is 1.50 bits per heavy atom. The van der Waals surface area contributed by atoms with E-state index in [-0.39, 0.29) is 13.2 Å². The minimum atomic E-state index is -0.957. The molecule has 0 unspecified atom stereocenters. The summed E-state index contributed by atoms with van der Waals surface area (Å²) in [6.07, 6.45) is 3.12. The Morgan fingerprint density at radius 3 is 2.06 bits per heavy atom. The highest BCUT2D eigenvalue weighted by molar-refractivity contribution is 6.38. The summed E-state index contributed by atoms with van der Waals surface area (Å²) in [5.74, 6) is -2.46. The lowest BCUT2D eigenvalue weighted by Gasteiger charge is -1.99. The van der Waals surface area contributed by atoms with Crippen molar-refractivity contribution in [1.29, 1.82) is 0 Å². The molecule has 0 N–H and O–H groups in total. The zero-order chi connectivity index (χ0) is 12.4. The summed E-state index contributed by atoms with van der Waals surface area (Å²) in [7, 11) is 0. The van der Waals surface area contributed by atoms with Crippen LogP contribution in [0.15, 0.2) is 12.2 Å². The van der Waals surface area contributed by atoms with Crippen molar-refractivity contribution in [2.24, 2.45) is 0 Å². The maximum absolute atomic E-state index is 11.1. The lowest BCUT2D eigenvalue weighted by Crippen LogP contribution is -2.16. The lowest BCUT2D eigenvalue weighted by atomic mass is 10.3. The highest BCUT2D eigenvalue weighted by atomic mass is 16.5. The van der Waals surface area contributed by atoms with Gasteiger partial charge in [0.05, 0.1) is 13.2 Å². The molecule has 0 spiro atoms. The summed E-state index contributed by atoms with van der Waals surface area (Å²) >= 11 is 0. The molecular weight excluding hydrogens is 212 g/mol. The third-order valence-electron chi connectivity index (χ3n) is 1.46. The molecule has 5 heteroatoms. The number of hydrogen-bond donors (Lipinski definition) is 0. The monoisotopic (exact) mass is 228 g/mol. The maximum Gasteiger partial charge on any atom is 0.379 e. The van der Waals surface area contributed by atoms with Crippen LogP contribution in [0.4, 0.5) is 0 Å². The molecule has 0 radical (unpaired) electrons. The third-order valence-corrected chi connectivity index (χ3v) is 1.46. The van der Waals surface area contributed by atoms with Gasteiger partial charge >= 0.3 is 11.9 Å². The number of rotatable bonds is 7. The van der Waals surface area contributed by atoms with Crippen molar-refractivity contribution in [1.82, 2.24) is 0 Å². The van der Waals surface area contributed by atoms with Crippen molar-refractivity contribution in [3.05, 3.63) is 12.2 Å². The minimum Gasteiger partial charge on any atom is -0.463 e. The van der Waals surface area contributed by atoms with E-state index >= 15 is 0 Å². The summed E-state index contributed by atoms with van der Waals surface area (Å²) in [4.78, 5) is 32.9. The molecule has 90 valence electrons. The van der Waals surface area contributed by atoms with Crippen LogP contribution in [0.5, 0.6) is 0 Å². The van der Waals surface area contributed by atoms with Gasteiger partial charge in [-0.25, -0.2) is 9.59 Å². The van der Waals surface area contributed by atoms with Crippen LogP contribution in [0.1, 0.15) is 26.7 Å². The quantitative estimate of drug-likeness (QED) is 0.369. The maximum atomic E-state index is 11.1. The predicted octanol–water partition coefficient (Wildman–Crippen LogP) is 1.02. The van der Waals surface area contributed by atoms with E-state index in [4.69, 9.17) is 0 Å². The molecule has 0 aromatic carbocycles. The summed E-state index contributed by atoms with van der Waals surface area (Å²) in [5.41, 5.74) is 0. The van der Waals surface area contributed by atoms with Crippen LogP contribution in [-0.4, -0.2) is 30.9 Å². The van der Waals surface area contributed by atoms with Crippen molar-refractivity contribution >= 4 is 17.7 Å². The summed E-state index contributed by atoms with van der Waals surface area (Å²) in [6.45, 7) is 4.15. The highest BCUT2D eigenvalue weighted by Gasteiger charge is 2.11. The Hall–Kier alpha value is -1.65. The minimum absolute atomic E-state index is 0.193. The Morgan fingerprint density at radius 1 is 0.938 bits per heavy atom. The average molecular weight is 228 g/mol. The second-order valence-corrected chi connectivity index (χ2v) is 3.00. The van der Waals surface area contributed by atoms with Crippen LogP contribution in [0.3, 0.4) is 0 Å². The van der Waals surface area contributed by atoms with Crippen molar-refractivity contribution in [3.8, 4) is 0 Å². The molecule has 0 rings (SSSR count). The predicted molar refractivity (Wildman–Crippen MR) is 56.6 cm³/mol. The van der Waals surface area contributed by atoms with E-state index in [1.807, 2.05) is 13.8 Å². The summed E-state index contributed by atoms with van der Waals surface area (Å²) in [5, 5.41) is 0. The number of hydrogen-bond acceptors (Lipinski definition) is 5. The number of ketones is 1. The van der Waals surface area contributed by atoms with Gasteiger partial charge in [-0.1, -0.05) is 13.8 Å². The molecule has 0 heterocycles. The topological polar surface area (TPSA) is 69.7 Å². The Labute approximate surface area is 94.4 Å². The van der Waals surface area contributed by atoms with Gasteiger partial charge in [0.25, 0.3) is 5.78 Å². The van der Waals surface area contributed by atoms with E-state index < -0.39 is 17.7 Å². The van der Waals surface area contributed by atoms with Gasteiger partial charge in [-0.3, -0.25) is 4.79 Å². The van der Waals surface area contributed by atoms with Crippen molar-refractivity contribution in [2.75, 3.05) is 13.2 Å². The normalized spacial score (nSPS) is 10.1. The van der Waals surface area contributed by atoms with Crippen LogP contribution >= 0.6 is 0 Å². The highest BCUT2D eigenvalue weighted by Crippen LogP contribution is 1.89. The Bertz CT molecular complexity index is 280. The Balaban J connectivity index is 3.97. The molecule has 0 atom stereocenters. The lowest BCUT2D eigenvalue weighted by molar-refractivity contribution is -0.151. The molecule has 0 aliphatic carbocycles. The van der Waals surface area contributed by atoms with Gasteiger partial charge in [0, 0.05) is 12.2 Å². The van der Waals surface area contributed by atoms with Crippen LogP contribution in [0.25, 0.3) is 0 Å². The van der Waals surface area contributed by atoms with E-state index in [1.165, 1.54) is 0 Å². The van der Waals surface area contributed by atoms with Crippen LogP contribution in [0.2, 0.25) is 0 Å². The number of esters is 2. The van der Waals surface area contributed by atoms with Crippen molar-refractivity contribution in [3.63, 3.8) is 0 Å². The van der Waals surface area contributed by atoms with Crippen LogP contribution < -0.4 is 0 Å². The molecule has 0 aromatic heterocycles. The van der Waals surface area contributed by atoms with E-state index in [0.717, 1.165) is 12.2 Å². The molecule has 0 aliphatic heterocycles. The fourth-order valence-corrected chi connectivity index (χ4v) is 0.728. The summed E-state index contributed by atoms with van der Waals surface area (Å²) < 4.78 is 9.25. The van der Waals surface area contributed by atoms with Crippen molar-refractivity contribution < 1.29 is 23.9 Å². The second kappa shape index (κ2) is 8.64. The Kier molecular flexibility index (Phi) is 7.75. The molecular formula is C11H16O5. The van der Waals surface area contributed by atoms with Crippen molar-refractivity contribution in [2.45, 2.75) is 26.7 Å². The molecule has 0 bridgehead atoms. The molecule has 0 aromatic rings. The first-order valence-electron chi connectivity index (χ1n) is 5.17. The van der Waals surface area contributed by atoms with Gasteiger partial charge in [0.15, 0.2) is 0 Å². The largest absolute Gasteiger partial charge is 0.463 e. The molecule has 16 heavy (non-hydrogen) atoms. The average Bonchev–Trinajstić information content (AvgIpc) is 2.30. The smallest absolute Gasteiger partial charge is 0.379 e. The van der Waals surface area contributed by atoms with Gasteiger partial charge in [-0.05, 0) is 12.8 Å². The first-order chi connectivity index (χ1) is 7.61. The van der Waals surface area contributed by atoms with Crippen LogP contribution in [-0.2, 0) is 23.9 Å². The molecule has 5 nitrogen and oxygen atoms in total. The standard InChI is InChI=1S/C11H16O5/c1-3-7-15-10(13)6-5-9(12)11(14)16-8-4-2/h5-6H,3-4,7-8H2,1-2H3/b6-5+. The molecule has 0 saturated carbocycles. The molecule has 0 aliphatic rings. The zero-order valence-electron chi connectivity index (χ0n) is 9.52. The fraction of sp³-hybridized carbons (Fsp3) is 0.545. The summed E-state index contributed by atoms with van der Waals surface area (Å²) in [6, 6.07) is 0. The number of ether oxygens (including phenoxy) is 2. The first-order valence-corrected chi connectivity index (χ1v) is 5.17. The number of carbonyl (C=O) groups is 3. The zero-order valence-corrected chi connectivity index (χ0v) is 9.52. The third kappa shape index (κ3) is 6.75. The SMILES string of the molecule is CCCOC(=O)/C=C/C(=O)C(=O)OCCC. The van der Waals surface area contributed by atoms with Crippen LogP contribution in [0, 0.1) is 0 Å².